The van der Waals surface area contributed by atoms with Gasteiger partial charge >= 0.3 is 0 Å². The zero-order valence-electron chi connectivity index (χ0n) is 17.7. The fourth-order valence-electron chi connectivity index (χ4n) is 4.29. The summed E-state index contributed by atoms with van der Waals surface area (Å²) in [5.41, 5.74) is 1.89. The van der Waals surface area contributed by atoms with Crippen molar-refractivity contribution in [1.29, 1.82) is 0 Å². The van der Waals surface area contributed by atoms with E-state index in [1.807, 2.05) is 24.1 Å². The van der Waals surface area contributed by atoms with Gasteiger partial charge in [0.2, 0.25) is 0 Å². The number of hydrogen-bond acceptors (Lipinski definition) is 5. The van der Waals surface area contributed by atoms with Crippen LogP contribution in [0.15, 0.2) is 47.6 Å². The predicted molar refractivity (Wildman–Crippen MR) is 129 cm³/mol. The number of nitrogens with zero attached hydrogens (tertiary/aromatic N) is 4. The Morgan fingerprint density at radius 2 is 1.72 bits per heavy atom. The molecule has 6 nitrogen and oxygen atoms in total. The molecule has 2 aromatic rings. The van der Waals surface area contributed by atoms with Gasteiger partial charge in [-0.05, 0) is 48.7 Å². The number of phenolic OH excluding ortho intramolecular Hbond substituents is 1. The van der Waals surface area contributed by atoms with Gasteiger partial charge in [-0.25, -0.2) is 5.01 Å². The second kappa shape index (κ2) is 9.87. The Balaban J connectivity index is 1.70. The summed E-state index contributed by atoms with van der Waals surface area (Å²) in [6, 6.07) is 11.8. The second-order valence-corrected chi connectivity index (χ2v) is 9.35. The third kappa shape index (κ3) is 4.69. The molecule has 32 heavy (non-hydrogen) atoms. The predicted octanol–water partition coefficient (Wildman–Crippen LogP) is 6.03. The fourth-order valence-corrected chi connectivity index (χ4v) is 5.03. The molecule has 1 saturated heterocycles. The van der Waals surface area contributed by atoms with E-state index in [4.69, 9.17) is 40.1 Å². The molecular formula is C23H25Cl3N4O2. The molecule has 2 heterocycles. The quantitative estimate of drug-likeness (QED) is 0.526. The molecule has 0 unspecified atom stereocenters. The lowest BCUT2D eigenvalue weighted by Crippen LogP contribution is -2.44. The molecule has 0 spiro atoms. The number of anilines is 1. The summed E-state index contributed by atoms with van der Waals surface area (Å²) in [7, 11) is 0. The van der Waals surface area contributed by atoms with E-state index in [0.29, 0.717) is 21.4 Å². The molecule has 0 bridgehead atoms. The molecule has 1 fully saturated rings. The molecule has 0 aliphatic carbocycles. The summed E-state index contributed by atoms with van der Waals surface area (Å²) < 4.78 is 1.20. The summed E-state index contributed by atoms with van der Waals surface area (Å²) in [6.45, 7) is 3.43. The highest BCUT2D eigenvalue weighted by atomic mass is 35.5. The number of halogens is 3. The van der Waals surface area contributed by atoms with Gasteiger partial charge in [0.05, 0.1) is 16.8 Å². The van der Waals surface area contributed by atoms with E-state index in [-0.39, 0.29) is 23.6 Å². The van der Waals surface area contributed by atoms with Crippen molar-refractivity contribution < 1.29 is 9.90 Å². The number of phenols is 1. The molecule has 0 radical (unpaired) electrons. The van der Waals surface area contributed by atoms with Crippen LogP contribution in [0.3, 0.4) is 0 Å². The topological polar surface area (TPSA) is 59.4 Å². The smallest absolute Gasteiger partial charge is 0.299 e. The lowest BCUT2D eigenvalue weighted by atomic mass is 9.91. The van der Waals surface area contributed by atoms with Crippen LogP contribution in [0.5, 0.6) is 5.75 Å². The number of rotatable bonds is 4. The molecule has 0 saturated carbocycles. The Bertz CT molecular complexity index is 1010. The van der Waals surface area contributed by atoms with E-state index in [0.717, 1.165) is 44.3 Å². The first-order valence-corrected chi connectivity index (χ1v) is 11.8. The summed E-state index contributed by atoms with van der Waals surface area (Å²) in [6.07, 6.45) is 4.28. The van der Waals surface area contributed by atoms with Crippen molar-refractivity contribution in [3.05, 3.63) is 58.1 Å². The van der Waals surface area contributed by atoms with Crippen LogP contribution in [0.25, 0.3) is 0 Å². The fraction of sp³-hybridized carbons (Fsp3) is 0.391. The molecule has 2 aliphatic rings. The number of hydrogen-bond donors (Lipinski definition) is 1. The lowest BCUT2D eigenvalue weighted by Gasteiger charge is -2.29. The van der Waals surface area contributed by atoms with E-state index in [2.05, 4.69) is 0 Å². The first-order valence-electron chi connectivity index (χ1n) is 10.7. The minimum atomic E-state index is -0.336. The van der Waals surface area contributed by atoms with Crippen LogP contribution in [0.4, 0.5) is 5.69 Å². The highest BCUT2D eigenvalue weighted by Crippen LogP contribution is 2.43. The van der Waals surface area contributed by atoms with Crippen LogP contribution in [-0.2, 0) is 4.79 Å². The zero-order valence-corrected chi connectivity index (χ0v) is 20.0. The molecule has 0 aromatic heterocycles. The van der Waals surface area contributed by atoms with Gasteiger partial charge in [-0.1, -0.05) is 55.1 Å². The van der Waals surface area contributed by atoms with E-state index >= 15 is 0 Å². The molecule has 1 amide bonds. The molecule has 2 atom stereocenters. The normalized spacial score (nSPS) is 21.9. The van der Waals surface area contributed by atoms with Crippen molar-refractivity contribution in [2.75, 3.05) is 18.1 Å². The minimum Gasteiger partial charge on any atom is -0.508 e. The van der Waals surface area contributed by atoms with Crippen molar-refractivity contribution in [2.24, 2.45) is 11.0 Å². The molecule has 4 rings (SSSR count). The molecule has 9 heteroatoms. The maximum atomic E-state index is 13.4. The highest BCUT2D eigenvalue weighted by Gasteiger charge is 2.42. The number of benzene rings is 2. The largest absolute Gasteiger partial charge is 0.508 e. The van der Waals surface area contributed by atoms with Gasteiger partial charge in [-0.15, -0.1) is 0 Å². The van der Waals surface area contributed by atoms with Crippen molar-refractivity contribution >= 4 is 52.3 Å². The lowest BCUT2D eigenvalue weighted by molar-refractivity contribution is -0.130. The van der Waals surface area contributed by atoms with Crippen LogP contribution in [0.1, 0.15) is 44.2 Å². The zero-order chi connectivity index (χ0) is 22.8. The third-order valence-corrected chi connectivity index (χ3v) is 6.90. The average Bonchev–Trinajstić information content (AvgIpc) is 2.94. The summed E-state index contributed by atoms with van der Waals surface area (Å²) >= 11 is 19.1. The molecule has 170 valence electrons. The number of hydrazone groups is 1. The number of carbonyl (C=O) groups is 1. The van der Waals surface area contributed by atoms with E-state index in [9.17, 15) is 9.90 Å². The molecular weight excluding hydrogens is 471 g/mol. The third-order valence-electron chi connectivity index (χ3n) is 5.99. The second-order valence-electron chi connectivity index (χ2n) is 8.18. The number of carbonyl (C=O) groups excluding carboxylic acids is 1. The van der Waals surface area contributed by atoms with Gasteiger partial charge in [-0.3, -0.25) is 9.80 Å². The first kappa shape index (κ1) is 23.2. The molecule has 1 N–H and O–H groups in total. The standard InChI is InChI=1S/C23H25Cl3N4O2/c1-15-21(23(32)30(26)28-12-4-2-3-5-13-28)27-29(20-11-8-17(24)14-19(20)25)22(15)16-6-9-18(31)10-7-16/h6-11,14-15,22,31H,2-5,12-13H2,1H3/t15-,22+/m1/s1. The van der Waals surface area contributed by atoms with Crippen LogP contribution in [-0.4, -0.2) is 39.4 Å². The van der Waals surface area contributed by atoms with E-state index in [1.165, 1.54) is 4.53 Å². The van der Waals surface area contributed by atoms with Gasteiger partial charge in [0.15, 0.2) is 0 Å². The van der Waals surface area contributed by atoms with Crippen molar-refractivity contribution in [3.8, 4) is 5.75 Å². The average molecular weight is 496 g/mol. The van der Waals surface area contributed by atoms with Gasteiger partial charge in [0.1, 0.15) is 11.5 Å². The monoisotopic (exact) mass is 494 g/mol. The van der Waals surface area contributed by atoms with E-state index < -0.39 is 0 Å². The Labute approximate surface area is 203 Å². The van der Waals surface area contributed by atoms with Crippen LogP contribution >= 0.6 is 35.0 Å². The Kier molecular flexibility index (Phi) is 7.15. The van der Waals surface area contributed by atoms with Crippen molar-refractivity contribution in [1.82, 2.24) is 9.54 Å². The SMILES string of the molecule is C[C@@H]1C(C(=O)N(Cl)N2CCCCCC2)=NN(c2ccc(Cl)cc2Cl)[C@@H]1c1ccc(O)cc1. The minimum absolute atomic E-state index is 0.167. The van der Waals surface area contributed by atoms with Crippen LogP contribution in [0.2, 0.25) is 10.0 Å². The van der Waals surface area contributed by atoms with Crippen molar-refractivity contribution in [3.63, 3.8) is 0 Å². The van der Waals surface area contributed by atoms with E-state index in [1.54, 1.807) is 35.3 Å². The Hall–Kier alpha value is -1.99. The first-order chi connectivity index (χ1) is 15.4. The highest BCUT2D eigenvalue weighted by molar-refractivity contribution is 6.46. The summed E-state index contributed by atoms with van der Waals surface area (Å²) in [4.78, 5) is 13.4. The number of aromatic hydroxyl groups is 1. The van der Waals surface area contributed by atoms with Gasteiger partial charge in [-0.2, -0.15) is 9.63 Å². The van der Waals surface area contributed by atoms with Crippen LogP contribution < -0.4 is 5.01 Å². The summed E-state index contributed by atoms with van der Waals surface area (Å²) in [5, 5.41) is 19.0. The maximum absolute atomic E-state index is 13.4. The summed E-state index contributed by atoms with van der Waals surface area (Å²) in [5.74, 6) is -0.440. The number of hydrazine groups is 1. The maximum Gasteiger partial charge on any atom is 0.299 e. The van der Waals surface area contributed by atoms with Crippen LogP contribution in [0, 0.1) is 5.92 Å². The van der Waals surface area contributed by atoms with Gasteiger partial charge in [0, 0.05) is 35.8 Å². The Morgan fingerprint density at radius 3 is 2.34 bits per heavy atom. The van der Waals surface area contributed by atoms with Crippen molar-refractivity contribution in [2.45, 2.75) is 38.6 Å². The molecule has 2 aromatic carbocycles. The van der Waals surface area contributed by atoms with Gasteiger partial charge in [0.25, 0.3) is 5.91 Å². The molecule has 2 aliphatic heterocycles. The number of amides is 1. The van der Waals surface area contributed by atoms with Gasteiger partial charge < -0.3 is 5.11 Å². The Morgan fingerprint density at radius 1 is 1.06 bits per heavy atom.